The SMILES string of the molecule is CCOC(=O)/C=C/c1cncc(OC2=CC(C)(C(=O)OC)C(C)C(C)=N2)c1C(F)(F)F. The topological polar surface area (TPSA) is 87.1 Å². The average molecular weight is 440 g/mol. The predicted octanol–water partition coefficient (Wildman–Crippen LogP) is 4.19. The number of carbonyl (C=O) groups excluding carboxylic acids is 2. The van der Waals surface area contributed by atoms with Gasteiger partial charge in [0.25, 0.3) is 0 Å². The van der Waals surface area contributed by atoms with Crippen LogP contribution >= 0.6 is 0 Å². The lowest BCUT2D eigenvalue weighted by molar-refractivity contribution is -0.150. The van der Waals surface area contributed by atoms with Crippen molar-refractivity contribution >= 4 is 23.7 Å². The number of rotatable bonds is 6. The Labute approximate surface area is 177 Å². The number of halogens is 3. The molecule has 1 aliphatic rings. The highest BCUT2D eigenvalue weighted by atomic mass is 19.4. The Bertz CT molecular complexity index is 953. The van der Waals surface area contributed by atoms with Crippen molar-refractivity contribution in [2.24, 2.45) is 16.3 Å². The standard InChI is InChI=1S/C21H23F3N2O5/c1-6-30-17(27)8-7-14-10-25-11-15(18(14)21(22,23)24)31-16-9-20(4,19(28)29-5)12(2)13(3)26-16/h7-12H,6H2,1-5H3/b8-7+. The molecule has 0 spiro atoms. The molecule has 0 saturated heterocycles. The number of esters is 2. The maximum Gasteiger partial charge on any atom is 0.420 e. The monoisotopic (exact) mass is 440 g/mol. The summed E-state index contributed by atoms with van der Waals surface area (Å²) in [6.45, 7) is 6.65. The fraction of sp³-hybridized carbons (Fsp3) is 0.429. The zero-order valence-corrected chi connectivity index (χ0v) is 17.7. The van der Waals surface area contributed by atoms with Gasteiger partial charge in [0, 0.05) is 29.5 Å². The summed E-state index contributed by atoms with van der Waals surface area (Å²) in [6.07, 6.45) is 0.180. The normalized spacial score (nSPS) is 21.4. The molecule has 2 atom stereocenters. The van der Waals surface area contributed by atoms with E-state index in [4.69, 9.17) is 9.47 Å². The number of aromatic nitrogens is 1. The van der Waals surface area contributed by atoms with Crippen LogP contribution in [0.3, 0.4) is 0 Å². The first-order valence-corrected chi connectivity index (χ1v) is 9.38. The van der Waals surface area contributed by atoms with Crippen molar-refractivity contribution in [2.45, 2.75) is 33.9 Å². The maximum atomic E-state index is 13.8. The van der Waals surface area contributed by atoms with Gasteiger partial charge in [-0.05, 0) is 32.9 Å². The summed E-state index contributed by atoms with van der Waals surface area (Å²) in [4.78, 5) is 31.8. The summed E-state index contributed by atoms with van der Waals surface area (Å²) in [7, 11) is 1.22. The summed E-state index contributed by atoms with van der Waals surface area (Å²) in [5, 5.41) is 0. The second-order valence-corrected chi connectivity index (χ2v) is 7.02. The Hall–Kier alpha value is -3.17. The number of methoxy groups -OCH3 is 1. The molecule has 2 unspecified atom stereocenters. The minimum absolute atomic E-state index is 0.0829. The fourth-order valence-electron chi connectivity index (χ4n) is 3.05. The molecular formula is C21H23F3N2O5. The van der Waals surface area contributed by atoms with Crippen molar-refractivity contribution in [3.63, 3.8) is 0 Å². The van der Waals surface area contributed by atoms with E-state index < -0.39 is 34.8 Å². The molecule has 1 aromatic heterocycles. The van der Waals surface area contributed by atoms with Crippen molar-refractivity contribution < 1.29 is 37.0 Å². The van der Waals surface area contributed by atoms with Gasteiger partial charge in [-0.3, -0.25) is 9.78 Å². The Morgan fingerprint density at radius 1 is 1.29 bits per heavy atom. The summed E-state index contributed by atoms with van der Waals surface area (Å²) in [5.74, 6) is -2.53. The first-order chi connectivity index (χ1) is 14.4. The quantitative estimate of drug-likeness (QED) is 0.487. The van der Waals surface area contributed by atoms with Gasteiger partial charge in [-0.15, -0.1) is 0 Å². The van der Waals surface area contributed by atoms with E-state index in [1.54, 1.807) is 27.7 Å². The van der Waals surface area contributed by atoms with Crippen LogP contribution in [0, 0.1) is 11.3 Å². The van der Waals surface area contributed by atoms with Gasteiger partial charge in [0.1, 0.15) is 5.56 Å². The van der Waals surface area contributed by atoms with Crippen LogP contribution in [-0.4, -0.2) is 36.4 Å². The number of carbonyl (C=O) groups is 2. The number of hydrogen-bond acceptors (Lipinski definition) is 7. The number of nitrogens with zero attached hydrogens (tertiary/aromatic N) is 2. The molecule has 2 heterocycles. The van der Waals surface area contributed by atoms with Crippen molar-refractivity contribution in [2.75, 3.05) is 13.7 Å². The molecule has 7 nitrogen and oxygen atoms in total. The minimum Gasteiger partial charge on any atom is -0.468 e. The smallest absolute Gasteiger partial charge is 0.420 e. The van der Waals surface area contributed by atoms with E-state index in [1.807, 2.05) is 0 Å². The molecule has 1 aliphatic heterocycles. The molecule has 2 rings (SSSR count). The lowest BCUT2D eigenvalue weighted by Gasteiger charge is -2.33. The van der Waals surface area contributed by atoms with E-state index in [9.17, 15) is 22.8 Å². The summed E-state index contributed by atoms with van der Waals surface area (Å²) >= 11 is 0. The third-order valence-electron chi connectivity index (χ3n) is 4.99. The van der Waals surface area contributed by atoms with E-state index >= 15 is 0 Å². The van der Waals surface area contributed by atoms with Gasteiger partial charge in [-0.2, -0.15) is 13.2 Å². The molecule has 168 valence electrons. The maximum absolute atomic E-state index is 13.8. The van der Waals surface area contributed by atoms with Crippen molar-refractivity contribution in [3.05, 3.63) is 41.6 Å². The van der Waals surface area contributed by atoms with Crippen LogP contribution in [0.25, 0.3) is 6.08 Å². The molecule has 0 bridgehead atoms. The van der Waals surface area contributed by atoms with E-state index in [2.05, 4.69) is 14.7 Å². The van der Waals surface area contributed by atoms with Crippen LogP contribution in [0.1, 0.15) is 38.8 Å². The van der Waals surface area contributed by atoms with Crippen LogP contribution in [0.5, 0.6) is 5.75 Å². The third-order valence-corrected chi connectivity index (χ3v) is 4.99. The molecule has 0 radical (unpaired) electrons. The zero-order chi connectivity index (χ0) is 23.4. The van der Waals surface area contributed by atoms with Gasteiger partial charge in [0.15, 0.2) is 5.75 Å². The van der Waals surface area contributed by atoms with E-state index in [0.29, 0.717) is 5.71 Å². The minimum atomic E-state index is -4.82. The second kappa shape index (κ2) is 9.32. The Morgan fingerprint density at radius 3 is 2.55 bits per heavy atom. The average Bonchev–Trinajstić information content (AvgIpc) is 2.69. The second-order valence-electron chi connectivity index (χ2n) is 7.02. The van der Waals surface area contributed by atoms with E-state index in [-0.39, 0.29) is 24.0 Å². The Kier molecular flexibility index (Phi) is 7.24. The highest BCUT2D eigenvalue weighted by molar-refractivity contribution is 5.94. The number of hydrogen-bond donors (Lipinski definition) is 0. The summed E-state index contributed by atoms with van der Waals surface area (Å²) < 4.78 is 56.4. The molecule has 0 saturated carbocycles. The molecule has 0 N–H and O–H groups in total. The van der Waals surface area contributed by atoms with Crippen LogP contribution in [0.15, 0.2) is 35.4 Å². The van der Waals surface area contributed by atoms with Crippen LogP contribution < -0.4 is 4.74 Å². The van der Waals surface area contributed by atoms with Crippen LogP contribution in [0.2, 0.25) is 0 Å². The first-order valence-electron chi connectivity index (χ1n) is 9.38. The van der Waals surface area contributed by atoms with Crippen molar-refractivity contribution in [3.8, 4) is 5.75 Å². The molecule has 0 aromatic carbocycles. The third kappa shape index (κ3) is 5.31. The van der Waals surface area contributed by atoms with Gasteiger partial charge in [0.05, 0.1) is 25.3 Å². The lowest BCUT2D eigenvalue weighted by atomic mass is 9.74. The van der Waals surface area contributed by atoms with E-state index in [0.717, 1.165) is 24.5 Å². The fourth-order valence-corrected chi connectivity index (χ4v) is 3.05. The molecule has 1 aromatic rings. The molecule has 0 amide bonds. The predicted molar refractivity (Wildman–Crippen MR) is 106 cm³/mol. The van der Waals surface area contributed by atoms with Crippen LogP contribution in [-0.2, 0) is 25.2 Å². The molecule has 0 fully saturated rings. The largest absolute Gasteiger partial charge is 0.468 e. The van der Waals surface area contributed by atoms with Crippen molar-refractivity contribution in [1.29, 1.82) is 0 Å². The zero-order valence-electron chi connectivity index (χ0n) is 17.7. The van der Waals surface area contributed by atoms with Crippen molar-refractivity contribution in [1.82, 2.24) is 4.98 Å². The Morgan fingerprint density at radius 2 is 1.97 bits per heavy atom. The van der Waals surface area contributed by atoms with E-state index in [1.165, 1.54) is 13.2 Å². The lowest BCUT2D eigenvalue weighted by Crippen LogP contribution is -2.40. The van der Waals surface area contributed by atoms with Crippen LogP contribution in [0.4, 0.5) is 13.2 Å². The number of aliphatic imine (C=N–C) groups is 1. The van der Waals surface area contributed by atoms with Gasteiger partial charge in [-0.25, -0.2) is 9.79 Å². The summed E-state index contributed by atoms with van der Waals surface area (Å²) in [5.41, 5.74) is -2.22. The van der Waals surface area contributed by atoms with Gasteiger partial charge in [-0.1, -0.05) is 6.92 Å². The number of ether oxygens (including phenoxy) is 3. The van der Waals surface area contributed by atoms with Gasteiger partial charge in [0.2, 0.25) is 5.88 Å². The highest BCUT2D eigenvalue weighted by Gasteiger charge is 2.43. The van der Waals surface area contributed by atoms with Gasteiger partial charge >= 0.3 is 18.1 Å². The number of alkyl halides is 3. The number of pyridine rings is 1. The Balaban J connectivity index is 2.52. The molecular weight excluding hydrogens is 417 g/mol. The molecule has 10 heteroatoms. The van der Waals surface area contributed by atoms with Gasteiger partial charge < -0.3 is 14.2 Å². The molecule has 31 heavy (non-hydrogen) atoms. The summed E-state index contributed by atoms with van der Waals surface area (Å²) in [6, 6.07) is 0. The molecule has 0 aliphatic carbocycles. The first kappa shape index (κ1) is 24.1. The highest BCUT2D eigenvalue weighted by Crippen LogP contribution is 2.41.